The van der Waals surface area contributed by atoms with Crippen LogP contribution < -0.4 is 15.0 Å². The van der Waals surface area contributed by atoms with Gasteiger partial charge in [0.15, 0.2) is 12.7 Å². The molecular weight excluding hydrogens is 392 g/mol. The number of esters is 1. The summed E-state index contributed by atoms with van der Waals surface area (Å²) in [5.74, 6) is -0.676. The van der Waals surface area contributed by atoms with E-state index in [4.69, 9.17) is 9.47 Å². The summed E-state index contributed by atoms with van der Waals surface area (Å²) in [6, 6.07) is 14.7. The average Bonchev–Trinajstić information content (AvgIpc) is 2.75. The number of anilines is 1. The third-order valence-electron chi connectivity index (χ3n) is 4.41. The van der Waals surface area contributed by atoms with Crippen LogP contribution in [0.4, 0.5) is 5.69 Å². The number of nitrogens with zero attached hydrogens (tertiary/aromatic N) is 1. The topological polar surface area (TPSA) is 84.9 Å². The van der Waals surface area contributed by atoms with Gasteiger partial charge < -0.3 is 19.7 Å². The molecule has 0 aromatic heterocycles. The summed E-state index contributed by atoms with van der Waals surface area (Å²) in [5, 5.41) is 2.52. The van der Waals surface area contributed by atoms with E-state index in [0.29, 0.717) is 11.4 Å². The Labute approximate surface area is 173 Å². The Balaban J connectivity index is 1.60. The minimum Gasteiger partial charge on any atom is -0.477 e. The van der Waals surface area contributed by atoms with Gasteiger partial charge in [-0.15, -0.1) is 11.8 Å². The van der Waals surface area contributed by atoms with E-state index >= 15 is 0 Å². The number of para-hydroxylation sites is 2. The minimum absolute atomic E-state index is 0.0467. The fourth-order valence-corrected chi connectivity index (χ4v) is 3.71. The van der Waals surface area contributed by atoms with E-state index < -0.39 is 24.6 Å². The molecule has 0 bridgehead atoms. The number of carbonyl (C=O) groups is 3. The Hall–Kier alpha value is -3.00. The first-order valence-corrected chi connectivity index (χ1v) is 10.1. The van der Waals surface area contributed by atoms with Crippen molar-refractivity contribution < 1.29 is 23.9 Å². The molecule has 0 radical (unpaired) electrons. The second-order valence-electron chi connectivity index (χ2n) is 6.41. The molecule has 2 amide bonds. The predicted molar refractivity (Wildman–Crippen MR) is 110 cm³/mol. The van der Waals surface area contributed by atoms with Crippen molar-refractivity contribution in [2.75, 3.05) is 30.9 Å². The highest BCUT2D eigenvalue weighted by Crippen LogP contribution is 2.33. The molecular formula is C21H22N2O5S. The van der Waals surface area contributed by atoms with Crippen LogP contribution in [0.3, 0.4) is 0 Å². The normalized spacial score (nSPS) is 15.1. The van der Waals surface area contributed by atoms with Crippen LogP contribution in [0, 0.1) is 6.92 Å². The molecule has 2 aromatic rings. The van der Waals surface area contributed by atoms with E-state index in [1.807, 2.05) is 31.2 Å². The number of nitrogens with one attached hydrogen (secondary N) is 1. The van der Waals surface area contributed by atoms with Gasteiger partial charge in [0, 0.05) is 11.9 Å². The molecule has 0 saturated heterocycles. The Morgan fingerprint density at radius 1 is 1.17 bits per heavy atom. The predicted octanol–water partition coefficient (Wildman–Crippen LogP) is 2.17. The number of likely N-dealkylation sites (N-methyl/N-ethyl adjacent to an activating group) is 1. The molecule has 1 N–H and O–H groups in total. The second kappa shape index (κ2) is 9.47. The van der Waals surface area contributed by atoms with E-state index in [1.54, 1.807) is 24.3 Å². The van der Waals surface area contributed by atoms with Crippen LogP contribution in [-0.2, 0) is 19.1 Å². The van der Waals surface area contributed by atoms with Crippen molar-refractivity contribution >= 4 is 35.2 Å². The molecule has 0 fully saturated rings. The highest BCUT2D eigenvalue weighted by molar-refractivity contribution is 8.00. The number of hydrogen-bond donors (Lipinski definition) is 1. The molecule has 0 spiro atoms. The summed E-state index contributed by atoms with van der Waals surface area (Å²) in [6.07, 6.45) is -0.828. The zero-order chi connectivity index (χ0) is 20.8. The van der Waals surface area contributed by atoms with Crippen molar-refractivity contribution in [3.63, 3.8) is 0 Å². The third kappa shape index (κ3) is 5.08. The molecule has 1 unspecified atom stereocenters. The Bertz CT molecular complexity index is 917. The molecule has 2 aromatic carbocycles. The minimum atomic E-state index is -0.828. The largest absolute Gasteiger partial charge is 0.477 e. The standard InChI is InChI=1S/C21H22N2O5S/c1-14-7-3-6-10-18(14)29-13-20(25)27-12-19(24)23-11-17(21(26)22-2)28-16-9-5-4-8-15(16)23/h3-10,17H,11-13H2,1-2H3,(H,22,26). The number of ether oxygens (including phenoxy) is 2. The maximum Gasteiger partial charge on any atom is 0.316 e. The molecule has 0 aliphatic carbocycles. The van der Waals surface area contributed by atoms with Gasteiger partial charge in [0.2, 0.25) is 0 Å². The number of hydrogen-bond acceptors (Lipinski definition) is 6. The first-order chi connectivity index (χ1) is 14.0. The maximum absolute atomic E-state index is 12.7. The van der Waals surface area contributed by atoms with E-state index in [9.17, 15) is 14.4 Å². The SMILES string of the molecule is CNC(=O)C1CN(C(=O)COC(=O)CSc2ccccc2C)c2ccccc2O1. The zero-order valence-corrected chi connectivity index (χ0v) is 17.0. The summed E-state index contributed by atoms with van der Waals surface area (Å²) in [7, 11) is 1.51. The Kier molecular flexibility index (Phi) is 6.77. The summed E-state index contributed by atoms with van der Waals surface area (Å²) >= 11 is 1.37. The maximum atomic E-state index is 12.7. The Morgan fingerprint density at radius 2 is 1.90 bits per heavy atom. The van der Waals surface area contributed by atoms with Crippen LogP contribution in [-0.4, -0.2) is 49.8 Å². The average molecular weight is 414 g/mol. The summed E-state index contributed by atoms with van der Waals surface area (Å²) in [5.41, 5.74) is 1.62. The molecule has 8 heteroatoms. The monoisotopic (exact) mass is 414 g/mol. The van der Waals surface area contributed by atoms with Crippen LogP contribution in [0.25, 0.3) is 0 Å². The molecule has 7 nitrogen and oxygen atoms in total. The lowest BCUT2D eigenvalue weighted by molar-refractivity contribution is -0.145. The van der Waals surface area contributed by atoms with Gasteiger partial charge in [-0.05, 0) is 30.7 Å². The highest BCUT2D eigenvalue weighted by atomic mass is 32.2. The summed E-state index contributed by atoms with van der Waals surface area (Å²) in [4.78, 5) is 39.2. The first-order valence-electron chi connectivity index (χ1n) is 9.11. The summed E-state index contributed by atoms with van der Waals surface area (Å²) < 4.78 is 10.8. The van der Waals surface area contributed by atoms with Crippen molar-refractivity contribution in [3.05, 3.63) is 54.1 Å². The van der Waals surface area contributed by atoms with Gasteiger partial charge in [-0.3, -0.25) is 14.4 Å². The van der Waals surface area contributed by atoms with Gasteiger partial charge in [-0.25, -0.2) is 0 Å². The lowest BCUT2D eigenvalue weighted by Gasteiger charge is -2.33. The zero-order valence-electron chi connectivity index (χ0n) is 16.2. The Morgan fingerprint density at radius 3 is 2.66 bits per heavy atom. The molecule has 29 heavy (non-hydrogen) atoms. The van der Waals surface area contributed by atoms with Crippen LogP contribution >= 0.6 is 11.8 Å². The number of carbonyl (C=O) groups excluding carboxylic acids is 3. The quantitative estimate of drug-likeness (QED) is 0.576. The van der Waals surface area contributed by atoms with Gasteiger partial charge in [0.1, 0.15) is 5.75 Å². The van der Waals surface area contributed by atoms with Crippen molar-refractivity contribution in [1.29, 1.82) is 0 Å². The fraction of sp³-hybridized carbons (Fsp3) is 0.286. The molecule has 1 atom stereocenters. The molecule has 3 rings (SSSR count). The second-order valence-corrected chi connectivity index (χ2v) is 7.42. The van der Waals surface area contributed by atoms with Crippen LogP contribution in [0.15, 0.2) is 53.4 Å². The van der Waals surface area contributed by atoms with Crippen molar-refractivity contribution in [2.45, 2.75) is 17.9 Å². The first kappa shape index (κ1) is 20.7. The number of aryl methyl sites for hydroxylation is 1. The molecule has 0 saturated carbocycles. The smallest absolute Gasteiger partial charge is 0.316 e. The molecule has 1 aliphatic heterocycles. The number of rotatable bonds is 6. The van der Waals surface area contributed by atoms with Crippen LogP contribution in [0.1, 0.15) is 5.56 Å². The number of thioether (sulfide) groups is 1. The van der Waals surface area contributed by atoms with Gasteiger partial charge >= 0.3 is 5.97 Å². The highest BCUT2D eigenvalue weighted by Gasteiger charge is 2.33. The van der Waals surface area contributed by atoms with Crippen molar-refractivity contribution in [3.8, 4) is 5.75 Å². The lowest BCUT2D eigenvalue weighted by atomic mass is 10.1. The number of amides is 2. The van der Waals surface area contributed by atoms with Gasteiger partial charge in [-0.1, -0.05) is 30.3 Å². The number of benzene rings is 2. The van der Waals surface area contributed by atoms with E-state index in [-0.39, 0.29) is 18.2 Å². The molecule has 152 valence electrons. The van der Waals surface area contributed by atoms with Gasteiger partial charge in [0.25, 0.3) is 11.8 Å². The molecule has 1 heterocycles. The lowest BCUT2D eigenvalue weighted by Crippen LogP contribution is -2.51. The van der Waals surface area contributed by atoms with Gasteiger partial charge in [-0.2, -0.15) is 0 Å². The van der Waals surface area contributed by atoms with Crippen LogP contribution in [0.2, 0.25) is 0 Å². The van der Waals surface area contributed by atoms with Crippen molar-refractivity contribution in [1.82, 2.24) is 5.32 Å². The van der Waals surface area contributed by atoms with Crippen molar-refractivity contribution in [2.24, 2.45) is 0 Å². The summed E-state index contributed by atoms with van der Waals surface area (Å²) in [6.45, 7) is 1.61. The molecule has 1 aliphatic rings. The van der Waals surface area contributed by atoms with Crippen LogP contribution in [0.5, 0.6) is 5.75 Å². The van der Waals surface area contributed by atoms with Gasteiger partial charge in [0.05, 0.1) is 18.0 Å². The van der Waals surface area contributed by atoms with E-state index in [1.165, 1.54) is 23.7 Å². The fourth-order valence-electron chi connectivity index (χ4n) is 2.88. The van der Waals surface area contributed by atoms with E-state index in [2.05, 4.69) is 5.32 Å². The third-order valence-corrected chi connectivity index (χ3v) is 5.56. The van der Waals surface area contributed by atoms with E-state index in [0.717, 1.165) is 10.5 Å². The number of fused-ring (bicyclic) bond motifs is 1.